The van der Waals surface area contributed by atoms with E-state index in [1.807, 2.05) is 13.8 Å². The van der Waals surface area contributed by atoms with Crippen LogP contribution in [0.25, 0.3) is 0 Å². The summed E-state index contributed by atoms with van der Waals surface area (Å²) in [6, 6.07) is 6.46. The number of esters is 1. The molecule has 0 aliphatic carbocycles. The Bertz CT molecular complexity index is 593. The van der Waals surface area contributed by atoms with Crippen LogP contribution in [-0.2, 0) is 14.3 Å². The van der Waals surface area contributed by atoms with Crippen molar-refractivity contribution in [1.82, 2.24) is 10.6 Å². The first-order valence-electron chi connectivity index (χ1n) is 7.94. The average molecular weight is 387 g/mol. The van der Waals surface area contributed by atoms with Crippen molar-refractivity contribution in [2.24, 2.45) is 5.92 Å². The molecule has 0 radical (unpaired) electrons. The fourth-order valence-corrected chi connectivity index (χ4v) is 2.69. The number of halogens is 1. The van der Waals surface area contributed by atoms with Crippen LogP contribution >= 0.6 is 23.4 Å². The van der Waals surface area contributed by atoms with Gasteiger partial charge in [-0.3, -0.25) is 14.9 Å². The molecule has 0 fully saturated rings. The Morgan fingerprint density at radius 2 is 1.80 bits per heavy atom. The first-order valence-corrected chi connectivity index (χ1v) is 9.20. The summed E-state index contributed by atoms with van der Waals surface area (Å²) in [5.41, 5.74) is 0. The number of carbonyl (C=O) groups is 3. The van der Waals surface area contributed by atoms with Crippen LogP contribution in [0.4, 0.5) is 4.79 Å². The molecule has 138 valence electrons. The van der Waals surface area contributed by atoms with Crippen molar-refractivity contribution in [1.29, 1.82) is 0 Å². The van der Waals surface area contributed by atoms with Gasteiger partial charge < -0.3 is 10.1 Å². The number of rotatable bonds is 8. The zero-order chi connectivity index (χ0) is 18.8. The predicted octanol–water partition coefficient (Wildman–Crippen LogP) is 3.24. The van der Waals surface area contributed by atoms with Gasteiger partial charge in [-0.25, -0.2) is 4.79 Å². The molecule has 8 heteroatoms. The monoisotopic (exact) mass is 386 g/mol. The Hall–Kier alpha value is -1.73. The summed E-state index contributed by atoms with van der Waals surface area (Å²) in [5, 5.41) is 4.80. The van der Waals surface area contributed by atoms with E-state index in [0.717, 1.165) is 11.3 Å². The highest BCUT2D eigenvalue weighted by molar-refractivity contribution is 8.00. The van der Waals surface area contributed by atoms with E-state index in [9.17, 15) is 14.4 Å². The van der Waals surface area contributed by atoms with Crippen molar-refractivity contribution in [3.05, 3.63) is 29.3 Å². The van der Waals surface area contributed by atoms with Crippen LogP contribution in [0.15, 0.2) is 29.2 Å². The molecule has 0 saturated carbocycles. The van der Waals surface area contributed by atoms with Crippen LogP contribution in [-0.4, -0.2) is 36.3 Å². The van der Waals surface area contributed by atoms with Gasteiger partial charge in [0, 0.05) is 16.5 Å². The van der Waals surface area contributed by atoms with Crippen molar-refractivity contribution in [3.63, 3.8) is 0 Å². The minimum Gasteiger partial charge on any atom is -0.455 e. The molecule has 0 aromatic heterocycles. The first-order chi connectivity index (χ1) is 11.8. The number of hydrogen-bond acceptors (Lipinski definition) is 5. The van der Waals surface area contributed by atoms with Gasteiger partial charge in [-0.1, -0.05) is 25.4 Å². The molecule has 1 aromatic rings. The molecule has 1 rings (SSSR count). The molecule has 0 aliphatic heterocycles. The highest BCUT2D eigenvalue weighted by atomic mass is 35.5. The molecule has 0 heterocycles. The van der Waals surface area contributed by atoms with Gasteiger partial charge in [0.1, 0.15) is 5.25 Å². The van der Waals surface area contributed by atoms with Gasteiger partial charge in [-0.2, -0.15) is 0 Å². The highest BCUT2D eigenvalue weighted by Crippen LogP contribution is 2.25. The molecule has 0 bridgehead atoms. The number of carbonyl (C=O) groups excluding carboxylic acids is 3. The van der Waals surface area contributed by atoms with E-state index in [2.05, 4.69) is 10.6 Å². The first kappa shape index (κ1) is 21.3. The van der Waals surface area contributed by atoms with E-state index in [4.69, 9.17) is 16.3 Å². The Morgan fingerprint density at radius 3 is 2.40 bits per heavy atom. The number of thioether (sulfide) groups is 1. The predicted molar refractivity (Wildman–Crippen MR) is 98.7 cm³/mol. The fourth-order valence-electron chi connectivity index (χ4n) is 1.70. The van der Waals surface area contributed by atoms with Gasteiger partial charge >= 0.3 is 12.0 Å². The summed E-state index contributed by atoms with van der Waals surface area (Å²) in [6.45, 7) is 5.73. The summed E-state index contributed by atoms with van der Waals surface area (Å²) in [4.78, 5) is 35.9. The van der Waals surface area contributed by atoms with Gasteiger partial charge in [0.2, 0.25) is 0 Å². The number of ether oxygens (including phenoxy) is 1. The Kier molecular flexibility index (Phi) is 9.37. The van der Waals surface area contributed by atoms with Crippen LogP contribution < -0.4 is 10.6 Å². The van der Waals surface area contributed by atoms with E-state index < -0.39 is 29.8 Å². The van der Waals surface area contributed by atoms with Gasteiger partial charge in [-0.05, 0) is 43.5 Å². The van der Waals surface area contributed by atoms with Crippen LogP contribution in [0.3, 0.4) is 0 Å². The van der Waals surface area contributed by atoms with Crippen molar-refractivity contribution >= 4 is 41.3 Å². The molecule has 2 N–H and O–H groups in total. The topological polar surface area (TPSA) is 84.5 Å². The lowest BCUT2D eigenvalue weighted by Gasteiger charge is -2.11. The second-order valence-electron chi connectivity index (χ2n) is 5.81. The molecule has 0 spiro atoms. The lowest BCUT2D eigenvalue weighted by Crippen LogP contribution is -2.42. The Balaban J connectivity index is 2.28. The van der Waals surface area contributed by atoms with E-state index >= 15 is 0 Å². The second-order valence-corrected chi connectivity index (χ2v) is 7.66. The minimum atomic E-state index is -0.668. The molecule has 25 heavy (non-hydrogen) atoms. The molecular weight excluding hydrogens is 364 g/mol. The normalized spacial score (nSPS) is 11.7. The molecule has 0 saturated heterocycles. The maximum absolute atomic E-state index is 11.9. The standard InChI is InChI=1S/C17H23ClN2O4S/c1-11(2)8-9-19-17(23)20-15(21)10-24-16(22)12(3)25-14-6-4-13(18)5-7-14/h4-7,11-12H,8-10H2,1-3H3,(H2,19,20,21,23)/t12-/m0/s1. The molecule has 0 unspecified atom stereocenters. The van der Waals surface area contributed by atoms with Gasteiger partial charge in [0.05, 0.1) is 0 Å². The molecule has 3 amide bonds. The van der Waals surface area contributed by atoms with Gasteiger partial charge in [0.25, 0.3) is 5.91 Å². The van der Waals surface area contributed by atoms with Crippen molar-refractivity contribution in [2.45, 2.75) is 37.3 Å². The molecule has 0 aliphatic rings. The summed E-state index contributed by atoms with van der Waals surface area (Å²) in [5.74, 6) is -0.744. The molecular formula is C17H23ClN2O4S. The summed E-state index contributed by atoms with van der Waals surface area (Å²) < 4.78 is 4.93. The number of imide groups is 1. The number of benzene rings is 1. The van der Waals surface area contributed by atoms with E-state index in [1.165, 1.54) is 11.8 Å². The smallest absolute Gasteiger partial charge is 0.321 e. The maximum Gasteiger partial charge on any atom is 0.321 e. The third kappa shape index (κ3) is 9.36. The average Bonchev–Trinajstić information content (AvgIpc) is 2.54. The molecule has 1 atom stereocenters. The largest absolute Gasteiger partial charge is 0.455 e. The SMILES string of the molecule is CC(C)CCNC(=O)NC(=O)COC(=O)[C@H](C)Sc1ccc(Cl)cc1. The van der Waals surface area contributed by atoms with Gasteiger partial charge in [0.15, 0.2) is 6.61 Å². The zero-order valence-electron chi connectivity index (χ0n) is 14.5. The number of amides is 3. The highest BCUT2D eigenvalue weighted by Gasteiger charge is 2.18. The van der Waals surface area contributed by atoms with Gasteiger partial charge in [-0.15, -0.1) is 11.8 Å². The quantitative estimate of drug-likeness (QED) is 0.529. The van der Waals surface area contributed by atoms with Crippen molar-refractivity contribution in [3.8, 4) is 0 Å². The third-order valence-electron chi connectivity index (χ3n) is 3.06. The van der Waals surface area contributed by atoms with Crippen molar-refractivity contribution in [2.75, 3.05) is 13.2 Å². The summed E-state index contributed by atoms with van der Waals surface area (Å²) >= 11 is 7.10. The zero-order valence-corrected chi connectivity index (χ0v) is 16.1. The minimum absolute atomic E-state index is 0.455. The van der Waals surface area contributed by atoms with Crippen LogP contribution in [0.2, 0.25) is 5.02 Å². The van der Waals surface area contributed by atoms with E-state index in [1.54, 1.807) is 31.2 Å². The summed E-state index contributed by atoms with van der Waals surface area (Å²) in [7, 11) is 0. The lowest BCUT2D eigenvalue weighted by atomic mass is 10.1. The van der Waals surface area contributed by atoms with Crippen molar-refractivity contribution < 1.29 is 19.1 Å². The number of nitrogens with one attached hydrogen (secondary N) is 2. The maximum atomic E-state index is 11.9. The fraction of sp³-hybridized carbons (Fsp3) is 0.471. The molecule has 1 aromatic carbocycles. The number of urea groups is 1. The van der Waals surface area contributed by atoms with E-state index in [0.29, 0.717) is 17.5 Å². The second kappa shape index (κ2) is 11.0. The Labute approximate surface area is 157 Å². The molecule has 6 nitrogen and oxygen atoms in total. The van der Waals surface area contributed by atoms with Crippen LogP contribution in [0.1, 0.15) is 27.2 Å². The lowest BCUT2D eigenvalue weighted by molar-refractivity contribution is -0.147. The van der Waals surface area contributed by atoms with Crippen LogP contribution in [0.5, 0.6) is 0 Å². The number of hydrogen-bond donors (Lipinski definition) is 2. The van der Waals surface area contributed by atoms with Crippen LogP contribution in [0, 0.1) is 5.92 Å². The van der Waals surface area contributed by atoms with E-state index in [-0.39, 0.29) is 0 Å². The third-order valence-corrected chi connectivity index (χ3v) is 4.41. The Morgan fingerprint density at radius 1 is 1.16 bits per heavy atom. The summed E-state index contributed by atoms with van der Waals surface area (Å²) in [6.07, 6.45) is 0.816.